The predicted octanol–water partition coefficient (Wildman–Crippen LogP) is 5.25. The highest BCUT2D eigenvalue weighted by Crippen LogP contribution is 2.36. The second-order valence-corrected chi connectivity index (χ2v) is 10.5. The van der Waals surface area contributed by atoms with Crippen molar-refractivity contribution >= 4 is 37.9 Å². The van der Waals surface area contributed by atoms with Gasteiger partial charge in [0.15, 0.2) is 5.65 Å². The van der Waals surface area contributed by atoms with Crippen molar-refractivity contribution in [3.63, 3.8) is 0 Å². The van der Waals surface area contributed by atoms with Gasteiger partial charge in [-0.2, -0.15) is 0 Å². The summed E-state index contributed by atoms with van der Waals surface area (Å²) in [5.74, 6) is 0.180. The Morgan fingerprint density at radius 3 is 2.29 bits per heavy atom. The van der Waals surface area contributed by atoms with Gasteiger partial charge in [0.2, 0.25) is 9.84 Å². The third-order valence-electron chi connectivity index (χ3n) is 6.14. The highest BCUT2D eigenvalue weighted by molar-refractivity contribution is 7.92. The van der Waals surface area contributed by atoms with Gasteiger partial charge >= 0.3 is 0 Å². The largest absolute Gasteiger partial charge is 0.384 e. The van der Waals surface area contributed by atoms with Gasteiger partial charge in [-0.05, 0) is 61.6 Å². The predicted molar refractivity (Wildman–Crippen MR) is 136 cm³/mol. The average Bonchev–Trinajstić information content (AvgIpc) is 3.10. The van der Waals surface area contributed by atoms with Gasteiger partial charge in [-0.1, -0.05) is 54.6 Å². The molecule has 0 radical (unpaired) electrons. The first-order valence-corrected chi connectivity index (χ1v) is 12.8. The quantitative estimate of drug-likeness (QED) is 0.366. The van der Waals surface area contributed by atoms with Crippen molar-refractivity contribution in [2.75, 3.05) is 5.73 Å². The Hall–Kier alpha value is -3.71. The fourth-order valence-electron chi connectivity index (χ4n) is 4.37. The zero-order valence-electron chi connectivity index (χ0n) is 19.2. The lowest BCUT2D eigenvalue weighted by Crippen LogP contribution is -2.10. The van der Waals surface area contributed by atoms with Crippen LogP contribution in [-0.2, 0) is 22.8 Å². The zero-order chi connectivity index (χ0) is 23.9. The number of hydrogen-bond donors (Lipinski definition) is 1. The van der Waals surface area contributed by atoms with Crippen LogP contribution in [0.15, 0.2) is 82.6 Å². The molecular formula is C27H26N4O2S. The smallest absolute Gasteiger partial charge is 0.212 e. The Kier molecular flexibility index (Phi) is 5.57. The molecule has 0 aliphatic carbocycles. The molecule has 2 aromatic heterocycles. The minimum absolute atomic E-state index is 0.0363. The summed E-state index contributed by atoms with van der Waals surface area (Å²) in [4.78, 5) is 9.80. The maximum Gasteiger partial charge on any atom is 0.212 e. The minimum Gasteiger partial charge on any atom is -0.384 e. The van der Waals surface area contributed by atoms with Crippen molar-refractivity contribution in [2.45, 2.75) is 43.0 Å². The summed E-state index contributed by atoms with van der Waals surface area (Å²) in [7, 11) is -3.92. The van der Waals surface area contributed by atoms with Gasteiger partial charge in [-0.3, -0.25) is 0 Å². The lowest BCUT2D eigenvalue weighted by atomic mass is 10.1. The highest BCUT2D eigenvalue weighted by atomic mass is 32.2. The van der Waals surface area contributed by atoms with Crippen LogP contribution < -0.4 is 5.73 Å². The summed E-state index contributed by atoms with van der Waals surface area (Å²) < 4.78 is 29.7. The average molecular weight is 471 g/mol. The van der Waals surface area contributed by atoms with E-state index in [-0.39, 0.29) is 15.6 Å². The molecule has 0 atom stereocenters. The molecule has 0 unspecified atom stereocenters. The molecule has 5 aromatic rings. The molecule has 0 aliphatic rings. The third kappa shape index (κ3) is 3.82. The first kappa shape index (κ1) is 22.1. The standard InChI is InChI=1S/C27H26N4O2S/c1-18-14-15-19(2)23(17-18)34(32,33)25-24-27(30-22-13-7-6-12-21(22)29-24)31(26(25)28)16-8-11-20-9-4-3-5-10-20/h3-7,9-10,12-15,17H,8,11,16,28H2,1-2H3. The molecule has 0 saturated carbocycles. The molecular weight excluding hydrogens is 444 g/mol. The minimum atomic E-state index is -3.92. The summed E-state index contributed by atoms with van der Waals surface area (Å²) in [6.07, 6.45) is 1.63. The number of rotatable bonds is 6. The van der Waals surface area contributed by atoms with E-state index in [4.69, 9.17) is 15.7 Å². The second-order valence-electron chi connectivity index (χ2n) is 8.61. The van der Waals surface area contributed by atoms with Crippen LogP contribution in [0.25, 0.3) is 22.2 Å². The Morgan fingerprint density at radius 1 is 0.882 bits per heavy atom. The monoisotopic (exact) mass is 470 g/mol. The van der Waals surface area contributed by atoms with Gasteiger partial charge in [-0.15, -0.1) is 0 Å². The topological polar surface area (TPSA) is 90.9 Å². The first-order chi connectivity index (χ1) is 16.4. The number of aryl methyl sites for hydroxylation is 4. The number of nitrogens with two attached hydrogens (primary N) is 1. The van der Waals surface area contributed by atoms with Crippen LogP contribution in [0.4, 0.5) is 5.82 Å². The van der Waals surface area contributed by atoms with Gasteiger partial charge in [0.05, 0.1) is 15.9 Å². The second kappa shape index (κ2) is 8.57. The molecule has 7 heteroatoms. The highest BCUT2D eigenvalue weighted by Gasteiger charge is 2.31. The molecule has 6 nitrogen and oxygen atoms in total. The molecule has 0 saturated heterocycles. The maximum atomic E-state index is 13.9. The van der Waals surface area contributed by atoms with Crippen LogP contribution in [0.5, 0.6) is 0 Å². The molecule has 0 spiro atoms. The van der Waals surface area contributed by atoms with Crippen LogP contribution in [0.1, 0.15) is 23.1 Å². The summed E-state index contributed by atoms with van der Waals surface area (Å²) in [5, 5.41) is 0. The van der Waals surface area contributed by atoms with E-state index in [0.717, 1.165) is 18.4 Å². The van der Waals surface area contributed by atoms with Crippen LogP contribution in [-0.4, -0.2) is 23.0 Å². The summed E-state index contributed by atoms with van der Waals surface area (Å²) in [6, 6.07) is 23.1. The van der Waals surface area contributed by atoms with Crippen molar-refractivity contribution in [2.24, 2.45) is 0 Å². The first-order valence-electron chi connectivity index (χ1n) is 11.3. The van der Waals surface area contributed by atoms with E-state index in [2.05, 4.69) is 12.1 Å². The van der Waals surface area contributed by atoms with Gasteiger partial charge in [0, 0.05) is 6.54 Å². The lowest BCUT2D eigenvalue weighted by molar-refractivity contribution is 0.595. The van der Waals surface area contributed by atoms with Crippen LogP contribution >= 0.6 is 0 Å². The Labute approximate surface area is 199 Å². The number of benzene rings is 3. The summed E-state index contributed by atoms with van der Waals surface area (Å²) in [6.45, 7) is 4.21. The maximum absolute atomic E-state index is 13.9. The van der Waals surface area contributed by atoms with Crippen molar-refractivity contribution in [1.82, 2.24) is 14.5 Å². The summed E-state index contributed by atoms with van der Waals surface area (Å²) >= 11 is 0. The number of fused-ring (bicyclic) bond motifs is 2. The zero-order valence-corrected chi connectivity index (χ0v) is 20.0. The van der Waals surface area contributed by atoms with Gasteiger partial charge in [0.25, 0.3) is 0 Å². The third-order valence-corrected chi connectivity index (χ3v) is 8.10. The number of hydrogen-bond acceptors (Lipinski definition) is 5. The molecule has 2 heterocycles. The van der Waals surface area contributed by atoms with Crippen LogP contribution in [0, 0.1) is 13.8 Å². The summed E-state index contributed by atoms with van der Waals surface area (Å²) in [5.41, 5.74) is 11.5. The van der Waals surface area contributed by atoms with Gasteiger partial charge in [-0.25, -0.2) is 18.4 Å². The molecule has 0 fully saturated rings. The van der Waals surface area contributed by atoms with Crippen molar-refractivity contribution in [3.05, 3.63) is 89.5 Å². The van der Waals surface area contributed by atoms with Gasteiger partial charge in [0.1, 0.15) is 16.2 Å². The molecule has 0 bridgehead atoms. The Bertz CT molecular complexity index is 1620. The van der Waals surface area contributed by atoms with E-state index in [1.165, 1.54) is 5.56 Å². The van der Waals surface area contributed by atoms with Crippen LogP contribution in [0.2, 0.25) is 0 Å². The van der Waals surface area contributed by atoms with E-state index in [0.29, 0.717) is 34.3 Å². The fraction of sp³-hybridized carbons (Fsp3) is 0.185. The van der Waals surface area contributed by atoms with Gasteiger partial charge < -0.3 is 10.3 Å². The molecule has 2 N–H and O–H groups in total. The molecule has 0 amide bonds. The van der Waals surface area contributed by atoms with E-state index in [1.807, 2.05) is 61.5 Å². The van der Waals surface area contributed by atoms with E-state index < -0.39 is 9.84 Å². The SMILES string of the molecule is Cc1ccc(C)c(S(=O)(=O)c2c(N)n(CCCc3ccccc3)c3nc4ccccc4nc23)c1. The molecule has 34 heavy (non-hydrogen) atoms. The number of nitrogen functional groups attached to an aromatic ring is 1. The lowest BCUT2D eigenvalue weighted by Gasteiger charge is -2.10. The van der Waals surface area contributed by atoms with E-state index in [9.17, 15) is 8.42 Å². The molecule has 0 aliphatic heterocycles. The number of nitrogens with zero attached hydrogens (tertiary/aromatic N) is 3. The number of sulfone groups is 1. The molecule has 5 rings (SSSR count). The Morgan fingerprint density at radius 2 is 1.56 bits per heavy atom. The normalized spacial score (nSPS) is 11.9. The number of anilines is 1. The van der Waals surface area contributed by atoms with E-state index >= 15 is 0 Å². The van der Waals surface area contributed by atoms with Crippen LogP contribution in [0.3, 0.4) is 0 Å². The number of para-hydroxylation sites is 2. The van der Waals surface area contributed by atoms with Crippen molar-refractivity contribution in [1.29, 1.82) is 0 Å². The fourth-order valence-corrected chi connectivity index (χ4v) is 6.20. The molecule has 172 valence electrons. The van der Waals surface area contributed by atoms with Crippen molar-refractivity contribution in [3.8, 4) is 0 Å². The van der Waals surface area contributed by atoms with E-state index in [1.54, 1.807) is 17.6 Å². The number of aromatic nitrogens is 3. The van der Waals surface area contributed by atoms with Crippen molar-refractivity contribution < 1.29 is 8.42 Å². The molecule has 3 aromatic carbocycles. The Balaban J connectivity index is 1.69.